The number of H-pyrrole nitrogens is 1. The van der Waals surface area contributed by atoms with Gasteiger partial charge in [-0.05, 0) is 36.5 Å². The molecule has 0 bridgehead atoms. The lowest BCUT2D eigenvalue weighted by Crippen LogP contribution is -2.02. The van der Waals surface area contributed by atoms with Gasteiger partial charge in [0.15, 0.2) is 22.2 Å². The first kappa shape index (κ1) is 12.6. The molecule has 0 amide bonds. The fourth-order valence-corrected chi connectivity index (χ4v) is 2.10. The van der Waals surface area contributed by atoms with Gasteiger partial charge in [0.05, 0.1) is 5.69 Å². The van der Waals surface area contributed by atoms with E-state index in [4.69, 9.17) is 12.2 Å². The molecular weight excluding hydrogens is 282 g/mol. The molecule has 4 nitrogen and oxygen atoms in total. The van der Waals surface area contributed by atoms with Crippen LogP contribution in [-0.2, 0) is 0 Å². The molecule has 2 aromatic heterocycles. The highest BCUT2D eigenvalue weighted by molar-refractivity contribution is 7.71. The van der Waals surface area contributed by atoms with Crippen LogP contribution in [0.15, 0.2) is 42.7 Å². The first-order valence-corrected chi connectivity index (χ1v) is 6.11. The van der Waals surface area contributed by atoms with Crippen molar-refractivity contribution >= 4 is 12.2 Å². The van der Waals surface area contributed by atoms with Crippen LogP contribution in [0.1, 0.15) is 0 Å². The van der Waals surface area contributed by atoms with Crippen molar-refractivity contribution in [1.82, 2.24) is 19.7 Å². The highest BCUT2D eigenvalue weighted by atomic mass is 32.1. The summed E-state index contributed by atoms with van der Waals surface area (Å²) >= 11 is 5.09. The predicted octanol–water partition coefficient (Wildman–Crippen LogP) is 3.27. The zero-order chi connectivity index (χ0) is 14.1. The Kier molecular flexibility index (Phi) is 3.11. The molecule has 0 unspecified atom stereocenters. The van der Waals surface area contributed by atoms with E-state index in [-0.39, 0.29) is 10.5 Å². The fraction of sp³-hybridized carbons (Fsp3) is 0. The van der Waals surface area contributed by atoms with E-state index in [1.165, 1.54) is 16.7 Å². The molecule has 0 saturated heterocycles. The molecule has 1 N–H and O–H groups in total. The highest BCUT2D eigenvalue weighted by Gasteiger charge is 2.16. The van der Waals surface area contributed by atoms with Gasteiger partial charge in [-0.15, -0.1) is 0 Å². The van der Waals surface area contributed by atoms with Crippen LogP contribution >= 0.6 is 12.2 Å². The summed E-state index contributed by atoms with van der Waals surface area (Å²) in [7, 11) is 0. The Morgan fingerprint density at radius 3 is 2.75 bits per heavy atom. The Labute approximate surface area is 117 Å². The van der Waals surface area contributed by atoms with E-state index in [1.807, 2.05) is 0 Å². The standard InChI is InChI=1S/C13H8F2N4S/c14-9-4-1-5-10(11(9)15)19-12(17-18-13(19)20)8-3-2-6-16-7-8/h1-7H,(H,18,20). The van der Waals surface area contributed by atoms with E-state index in [9.17, 15) is 8.78 Å². The second kappa shape index (κ2) is 4.93. The van der Waals surface area contributed by atoms with Crippen LogP contribution in [0.2, 0.25) is 0 Å². The number of rotatable bonds is 2. The van der Waals surface area contributed by atoms with Crippen molar-refractivity contribution in [3.63, 3.8) is 0 Å². The molecular formula is C13H8F2N4S. The van der Waals surface area contributed by atoms with E-state index in [2.05, 4.69) is 15.2 Å². The van der Waals surface area contributed by atoms with Gasteiger partial charge in [-0.3, -0.25) is 14.6 Å². The fourth-order valence-electron chi connectivity index (χ4n) is 1.87. The van der Waals surface area contributed by atoms with Gasteiger partial charge in [-0.1, -0.05) is 6.07 Å². The van der Waals surface area contributed by atoms with Gasteiger partial charge in [-0.2, -0.15) is 5.10 Å². The lowest BCUT2D eigenvalue weighted by Gasteiger charge is -2.08. The monoisotopic (exact) mass is 290 g/mol. The van der Waals surface area contributed by atoms with Crippen LogP contribution in [0.25, 0.3) is 17.1 Å². The van der Waals surface area contributed by atoms with Crippen LogP contribution < -0.4 is 0 Å². The summed E-state index contributed by atoms with van der Waals surface area (Å²) in [4.78, 5) is 3.98. The molecule has 1 aromatic carbocycles. The SMILES string of the molecule is Fc1cccc(-n2c(-c3cccnc3)n[nH]c2=S)c1F. The summed E-state index contributed by atoms with van der Waals surface area (Å²) in [5.41, 5.74) is 0.645. The minimum atomic E-state index is -0.977. The van der Waals surface area contributed by atoms with E-state index >= 15 is 0 Å². The third-order valence-electron chi connectivity index (χ3n) is 2.76. The number of nitrogens with one attached hydrogen (secondary N) is 1. The van der Waals surface area contributed by atoms with Crippen molar-refractivity contribution in [3.05, 3.63) is 59.1 Å². The summed E-state index contributed by atoms with van der Waals surface area (Å²) in [5, 5.41) is 6.63. The van der Waals surface area contributed by atoms with Crippen molar-refractivity contribution in [1.29, 1.82) is 0 Å². The van der Waals surface area contributed by atoms with Gasteiger partial charge < -0.3 is 0 Å². The van der Waals surface area contributed by atoms with E-state index in [1.54, 1.807) is 24.5 Å². The zero-order valence-corrected chi connectivity index (χ0v) is 10.9. The summed E-state index contributed by atoms with van der Waals surface area (Å²) < 4.78 is 28.8. The molecule has 7 heteroatoms. The minimum absolute atomic E-state index is 0.00241. The first-order valence-electron chi connectivity index (χ1n) is 5.70. The van der Waals surface area contributed by atoms with Crippen molar-refractivity contribution < 1.29 is 8.78 Å². The number of benzene rings is 1. The molecule has 0 aliphatic carbocycles. The van der Waals surface area contributed by atoms with Crippen LogP contribution in [0, 0.1) is 16.4 Å². The molecule has 0 saturated carbocycles. The molecule has 2 heterocycles. The van der Waals surface area contributed by atoms with Crippen molar-refractivity contribution in [2.24, 2.45) is 0 Å². The molecule has 0 atom stereocenters. The van der Waals surface area contributed by atoms with Crippen LogP contribution in [0.5, 0.6) is 0 Å². The van der Waals surface area contributed by atoms with Crippen molar-refractivity contribution in [3.8, 4) is 17.1 Å². The molecule has 100 valence electrons. The van der Waals surface area contributed by atoms with Gasteiger partial charge >= 0.3 is 0 Å². The maximum Gasteiger partial charge on any atom is 0.200 e. The smallest absolute Gasteiger partial charge is 0.200 e. The number of aromatic amines is 1. The Morgan fingerprint density at radius 1 is 1.15 bits per heavy atom. The van der Waals surface area contributed by atoms with Gasteiger partial charge in [0.2, 0.25) is 0 Å². The summed E-state index contributed by atoms with van der Waals surface area (Å²) in [6.45, 7) is 0. The molecule has 3 rings (SSSR count). The normalized spacial score (nSPS) is 10.7. The van der Waals surface area contributed by atoms with E-state index in [0.29, 0.717) is 11.4 Å². The lowest BCUT2D eigenvalue weighted by molar-refractivity contribution is 0.504. The topological polar surface area (TPSA) is 46.5 Å². The van der Waals surface area contributed by atoms with Gasteiger partial charge in [0.25, 0.3) is 0 Å². The third kappa shape index (κ3) is 2.01. The first-order chi connectivity index (χ1) is 9.68. The number of hydrogen-bond acceptors (Lipinski definition) is 3. The Morgan fingerprint density at radius 2 is 2.00 bits per heavy atom. The maximum absolute atomic E-state index is 13.9. The highest BCUT2D eigenvalue weighted by Crippen LogP contribution is 2.23. The van der Waals surface area contributed by atoms with Crippen LogP contribution in [0.3, 0.4) is 0 Å². The van der Waals surface area contributed by atoms with Crippen LogP contribution in [-0.4, -0.2) is 19.7 Å². The van der Waals surface area contributed by atoms with Gasteiger partial charge in [0.1, 0.15) is 0 Å². The average Bonchev–Trinajstić information content (AvgIpc) is 2.85. The van der Waals surface area contributed by atoms with Gasteiger partial charge in [-0.25, -0.2) is 8.78 Å². The Hall–Kier alpha value is -2.41. The van der Waals surface area contributed by atoms with E-state index in [0.717, 1.165) is 6.07 Å². The summed E-state index contributed by atoms with van der Waals surface area (Å²) in [6.07, 6.45) is 3.18. The third-order valence-corrected chi connectivity index (χ3v) is 3.04. The molecule has 0 fully saturated rings. The predicted molar refractivity (Wildman–Crippen MR) is 71.9 cm³/mol. The second-order valence-corrected chi connectivity index (χ2v) is 4.39. The second-order valence-electron chi connectivity index (χ2n) is 4.00. The number of hydrogen-bond donors (Lipinski definition) is 1. The molecule has 0 radical (unpaired) electrons. The van der Waals surface area contributed by atoms with Crippen molar-refractivity contribution in [2.45, 2.75) is 0 Å². The average molecular weight is 290 g/mol. The molecule has 0 aliphatic heterocycles. The van der Waals surface area contributed by atoms with Crippen LogP contribution in [0.4, 0.5) is 8.78 Å². The van der Waals surface area contributed by atoms with Gasteiger partial charge in [0, 0.05) is 18.0 Å². The quantitative estimate of drug-likeness (QED) is 0.737. The number of halogens is 2. The number of nitrogens with zero attached hydrogens (tertiary/aromatic N) is 3. The molecule has 3 aromatic rings. The minimum Gasteiger partial charge on any atom is -0.265 e. The summed E-state index contributed by atoms with van der Waals surface area (Å²) in [6, 6.07) is 7.37. The molecule has 20 heavy (non-hydrogen) atoms. The lowest BCUT2D eigenvalue weighted by atomic mass is 10.2. The van der Waals surface area contributed by atoms with Crippen molar-refractivity contribution in [2.75, 3.05) is 0 Å². The molecule has 0 spiro atoms. The zero-order valence-electron chi connectivity index (χ0n) is 10.0. The maximum atomic E-state index is 13.9. The Balaban J connectivity index is 2.28. The molecule has 0 aliphatic rings. The largest absolute Gasteiger partial charge is 0.265 e. The van der Waals surface area contributed by atoms with E-state index < -0.39 is 11.6 Å². The number of aromatic nitrogens is 4. The summed E-state index contributed by atoms with van der Waals surface area (Å²) in [5.74, 6) is -1.55. The number of pyridine rings is 1. The Bertz CT molecular complexity index is 811.